The fourth-order valence-corrected chi connectivity index (χ4v) is 3.16. The van der Waals surface area contributed by atoms with E-state index in [-0.39, 0.29) is 5.56 Å². The van der Waals surface area contributed by atoms with Crippen LogP contribution in [0.4, 0.5) is 5.82 Å². The number of piperidine rings is 1. The smallest absolute Gasteiger partial charge is 0.252 e. The maximum atomic E-state index is 11.8. The molecule has 21 heavy (non-hydrogen) atoms. The van der Waals surface area contributed by atoms with E-state index in [1.807, 2.05) is 0 Å². The van der Waals surface area contributed by atoms with Crippen LogP contribution in [0.5, 0.6) is 0 Å². The van der Waals surface area contributed by atoms with Gasteiger partial charge in [0.05, 0.1) is 0 Å². The lowest BCUT2D eigenvalue weighted by Crippen LogP contribution is -2.38. The third kappa shape index (κ3) is 3.28. The Morgan fingerprint density at radius 2 is 1.95 bits per heavy atom. The first-order chi connectivity index (χ1) is 10.3. The van der Waals surface area contributed by atoms with Crippen molar-refractivity contribution in [1.29, 1.82) is 0 Å². The van der Waals surface area contributed by atoms with E-state index in [1.54, 1.807) is 6.07 Å². The van der Waals surface area contributed by atoms with E-state index < -0.39 is 0 Å². The van der Waals surface area contributed by atoms with Gasteiger partial charge in [-0.15, -0.1) is 0 Å². The Labute approximate surface area is 125 Å². The Morgan fingerprint density at radius 3 is 2.62 bits per heavy atom. The van der Waals surface area contributed by atoms with Crippen LogP contribution in [0.2, 0.25) is 0 Å². The lowest BCUT2D eigenvalue weighted by atomic mass is 9.97. The van der Waals surface area contributed by atoms with Gasteiger partial charge in [-0.3, -0.25) is 4.79 Å². The molecule has 3 fully saturated rings. The molecule has 1 aromatic heterocycles. The van der Waals surface area contributed by atoms with Gasteiger partial charge in [0, 0.05) is 31.1 Å². The maximum Gasteiger partial charge on any atom is 0.252 e. The molecule has 4 rings (SSSR count). The van der Waals surface area contributed by atoms with Gasteiger partial charge >= 0.3 is 0 Å². The second-order valence-electron chi connectivity index (χ2n) is 6.88. The van der Waals surface area contributed by atoms with E-state index >= 15 is 0 Å². The minimum Gasteiger partial charge on any atom is -0.356 e. The topological polar surface area (TPSA) is 61.0 Å². The molecule has 2 N–H and O–H groups in total. The zero-order chi connectivity index (χ0) is 14.2. The number of hydrogen-bond acceptors (Lipinski definition) is 4. The minimum atomic E-state index is -0.000534. The molecule has 5 nitrogen and oxygen atoms in total. The van der Waals surface area contributed by atoms with Crippen molar-refractivity contribution in [2.75, 3.05) is 24.5 Å². The predicted molar refractivity (Wildman–Crippen MR) is 82.8 cm³/mol. The number of aromatic nitrogens is 2. The van der Waals surface area contributed by atoms with Crippen LogP contribution in [0, 0.1) is 5.92 Å². The van der Waals surface area contributed by atoms with E-state index in [9.17, 15) is 4.79 Å². The van der Waals surface area contributed by atoms with Gasteiger partial charge < -0.3 is 15.2 Å². The van der Waals surface area contributed by atoms with Crippen molar-refractivity contribution in [3.8, 4) is 0 Å². The van der Waals surface area contributed by atoms with Crippen LogP contribution in [-0.2, 0) is 0 Å². The van der Waals surface area contributed by atoms with Gasteiger partial charge in [0.15, 0.2) is 0 Å². The van der Waals surface area contributed by atoms with Crippen molar-refractivity contribution in [1.82, 2.24) is 15.3 Å². The Balaban J connectivity index is 1.37. The molecule has 1 saturated heterocycles. The minimum absolute atomic E-state index is 0.000534. The highest BCUT2D eigenvalue weighted by Gasteiger charge is 2.28. The highest BCUT2D eigenvalue weighted by atomic mass is 16.1. The van der Waals surface area contributed by atoms with Crippen LogP contribution in [0.3, 0.4) is 0 Å². The molecule has 0 unspecified atom stereocenters. The van der Waals surface area contributed by atoms with Gasteiger partial charge in [-0.25, -0.2) is 4.98 Å². The highest BCUT2D eigenvalue weighted by molar-refractivity contribution is 5.38. The van der Waals surface area contributed by atoms with Gasteiger partial charge in [-0.2, -0.15) is 0 Å². The summed E-state index contributed by atoms with van der Waals surface area (Å²) in [5.74, 6) is 3.06. The Hall–Kier alpha value is -1.36. The van der Waals surface area contributed by atoms with Crippen molar-refractivity contribution < 1.29 is 0 Å². The van der Waals surface area contributed by atoms with Crippen LogP contribution in [0.25, 0.3) is 0 Å². The van der Waals surface area contributed by atoms with Gasteiger partial charge in [0.25, 0.3) is 5.56 Å². The first kappa shape index (κ1) is 13.3. The zero-order valence-corrected chi connectivity index (χ0v) is 12.5. The number of aromatic amines is 1. The summed E-state index contributed by atoms with van der Waals surface area (Å²) in [6, 6.07) is 2.47. The lowest BCUT2D eigenvalue weighted by molar-refractivity contribution is 0.380. The van der Waals surface area contributed by atoms with Gasteiger partial charge in [-0.1, -0.05) is 0 Å². The molecule has 0 spiro atoms. The summed E-state index contributed by atoms with van der Waals surface area (Å²) in [6.07, 6.45) is 7.46. The highest BCUT2D eigenvalue weighted by Crippen LogP contribution is 2.38. The van der Waals surface area contributed by atoms with Crippen molar-refractivity contribution in [3.05, 3.63) is 22.2 Å². The fraction of sp³-hybridized carbons (Fsp3) is 0.750. The van der Waals surface area contributed by atoms with Gasteiger partial charge in [0.2, 0.25) is 0 Å². The van der Waals surface area contributed by atoms with Crippen molar-refractivity contribution in [2.45, 2.75) is 50.5 Å². The average Bonchev–Trinajstić information content (AvgIpc) is 3.39. The molecule has 114 valence electrons. The first-order valence-corrected chi connectivity index (χ1v) is 8.37. The van der Waals surface area contributed by atoms with E-state index in [1.165, 1.54) is 38.5 Å². The molecule has 5 heteroatoms. The van der Waals surface area contributed by atoms with Gasteiger partial charge in [-0.05, 0) is 51.0 Å². The van der Waals surface area contributed by atoms with Crippen LogP contribution in [-0.4, -0.2) is 35.6 Å². The standard InChI is InChI=1S/C16H24N4O/c21-15-9-14(18-16(19-15)12-1-2-12)20-7-5-11(6-8-20)10-17-13-3-4-13/h9,11-13,17H,1-8,10H2,(H,18,19,21). The molecule has 2 heterocycles. The maximum absolute atomic E-state index is 11.8. The van der Waals surface area contributed by atoms with E-state index in [4.69, 9.17) is 0 Å². The third-order valence-corrected chi connectivity index (χ3v) is 4.92. The second-order valence-corrected chi connectivity index (χ2v) is 6.88. The van der Waals surface area contributed by atoms with Crippen LogP contribution >= 0.6 is 0 Å². The number of rotatable bonds is 5. The molecule has 1 aliphatic heterocycles. The summed E-state index contributed by atoms with van der Waals surface area (Å²) < 4.78 is 0. The Morgan fingerprint density at radius 1 is 1.19 bits per heavy atom. The van der Waals surface area contributed by atoms with E-state index in [0.29, 0.717) is 5.92 Å². The Kier molecular flexibility index (Phi) is 3.45. The number of nitrogens with one attached hydrogen (secondary N) is 2. The fourth-order valence-electron chi connectivity index (χ4n) is 3.16. The first-order valence-electron chi connectivity index (χ1n) is 8.37. The second kappa shape index (κ2) is 5.44. The van der Waals surface area contributed by atoms with Crippen molar-refractivity contribution in [3.63, 3.8) is 0 Å². The average molecular weight is 288 g/mol. The molecule has 0 bridgehead atoms. The summed E-state index contributed by atoms with van der Waals surface area (Å²) >= 11 is 0. The molecular formula is C16H24N4O. The molecule has 2 saturated carbocycles. The van der Waals surface area contributed by atoms with Crippen LogP contribution in [0.1, 0.15) is 50.3 Å². The van der Waals surface area contributed by atoms with Crippen molar-refractivity contribution >= 4 is 5.82 Å². The number of anilines is 1. The summed E-state index contributed by atoms with van der Waals surface area (Å²) in [6.45, 7) is 3.21. The lowest BCUT2D eigenvalue weighted by Gasteiger charge is -2.33. The molecular weight excluding hydrogens is 264 g/mol. The zero-order valence-electron chi connectivity index (χ0n) is 12.5. The molecule has 0 atom stereocenters. The molecule has 0 amide bonds. The number of nitrogens with zero attached hydrogens (tertiary/aromatic N) is 2. The summed E-state index contributed by atoms with van der Waals surface area (Å²) in [7, 11) is 0. The summed E-state index contributed by atoms with van der Waals surface area (Å²) in [5.41, 5.74) is -0.000534. The van der Waals surface area contributed by atoms with Crippen LogP contribution in [0.15, 0.2) is 10.9 Å². The van der Waals surface area contributed by atoms with E-state index in [2.05, 4.69) is 20.2 Å². The molecule has 1 aromatic rings. The van der Waals surface area contributed by atoms with E-state index in [0.717, 1.165) is 43.2 Å². The molecule has 2 aliphatic carbocycles. The van der Waals surface area contributed by atoms with Gasteiger partial charge in [0.1, 0.15) is 11.6 Å². The largest absolute Gasteiger partial charge is 0.356 e. The summed E-state index contributed by atoms with van der Waals surface area (Å²) in [4.78, 5) is 21.7. The normalized spacial score (nSPS) is 23.5. The third-order valence-electron chi connectivity index (χ3n) is 4.92. The summed E-state index contributed by atoms with van der Waals surface area (Å²) in [5, 5.41) is 3.63. The molecule has 0 aromatic carbocycles. The monoisotopic (exact) mass is 288 g/mol. The number of hydrogen-bond donors (Lipinski definition) is 2. The quantitative estimate of drug-likeness (QED) is 0.864. The SMILES string of the molecule is O=c1cc(N2CCC(CNC3CC3)CC2)nc(C2CC2)[nH]1. The van der Waals surface area contributed by atoms with Crippen LogP contribution < -0.4 is 15.8 Å². The molecule has 3 aliphatic rings. The molecule has 0 radical (unpaired) electrons. The predicted octanol–water partition coefficient (Wildman–Crippen LogP) is 1.62. The van der Waals surface area contributed by atoms with Crippen molar-refractivity contribution in [2.24, 2.45) is 5.92 Å². The number of H-pyrrole nitrogens is 1. The Bertz CT molecular complexity index is 554.